The van der Waals surface area contributed by atoms with Crippen LogP contribution in [0.1, 0.15) is 18.4 Å². The molecule has 2 aromatic rings. The molecule has 23 heavy (non-hydrogen) atoms. The van der Waals surface area contributed by atoms with E-state index in [2.05, 4.69) is 4.72 Å². The van der Waals surface area contributed by atoms with Gasteiger partial charge in [-0.05, 0) is 48.7 Å². The average molecular weight is 372 g/mol. The molecule has 0 spiro atoms. The monoisotopic (exact) mass is 371 g/mol. The second-order valence-electron chi connectivity index (χ2n) is 5.49. The minimum absolute atomic E-state index is 0.103. The van der Waals surface area contributed by atoms with Gasteiger partial charge in [0.05, 0.1) is 27.6 Å². The van der Waals surface area contributed by atoms with Gasteiger partial charge in [-0.3, -0.25) is 0 Å². The number of rotatable bonds is 5. The standard InChI is InChI=1S/C16H15Cl2NO3S/c1-22-12-4-2-11(3-5-12)16(8-9-16)19-23(20,21)13-6-7-14(17)15(18)10-13/h2-7,10,19H,8-9H2,1H3. The van der Waals surface area contributed by atoms with Crippen LogP contribution in [0, 0.1) is 0 Å². The first-order valence-electron chi connectivity index (χ1n) is 7.00. The maximum atomic E-state index is 12.6. The number of sulfonamides is 1. The zero-order valence-corrected chi connectivity index (χ0v) is 14.7. The topological polar surface area (TPSA) is 55.4 Å². The van der Waals surface area contributed by atoms with Crippen molar-refractivity contribution in [3.05, 3.63) is 58.1 Å². The fourth-order valence-electron chi connectivity index (χ4n) is 2.44. The SMILES string of the molecule is COc1ccc(C2(NS(=O)(=O)c3ccc(Cl)c(Cl)c3)CC2)cc1. The van der Waals surface area contributed by atoms with E-state index >= 15 is 0 Å². The van der Waals surface area contributed by atoms with Gasteiger partial charge in [-0.2, -0.15) is 0 Å². The van der Waals surface area contributed by atoms with Crippen molar-refractivity contribution in [2.45, 2.75) is 23.3 Å². The third-order valence-corrected chi connectivity index (χ3v) is 6.20. The summed E-state index contributed by atoms with van der Waals surface area (Å²) in [5, 5.41) is 0.533. The number of benzene rings is 2. The molecule has 0 aliphatic heterocycles. The summed E-state index contributed by atoms with van der Waals surface area (Å²) < 4.78 is 33.1. The first-order valence-corrected chi connectivity index (χ1v) is 9.24. The highest BCUT2D eigenvalue weighted by atomic mass is 35.5. The third-order valence-electron chi connectivity index (χ3n) is 3.92. The molecule has 0 atom stereocenters. The number of halogens is 2. The van der Waals surface area contributed by atoms with Gasteiger partial charge < -0.3 is 4.74 Å². The Labute approximate surface area is 145 Å². The molecule has 0 aromatic heterocycles. The third kappa shape index (κ3) is 3.33. The van der Waals surface area contributed by atoms with Crippen molar-refractivity contribution in [2.24, 2.45) is 0 Å². The molecule has 0 unspecified atom stereocenters. The smallest absolute Gasteiger partial charge is 0.241 e. The number of ether oxygens (including phenoxy) is 1. The van der Waals surface area contributed by atoms with E-state index in [9.17, 15) is 8.42 Å². The van der Waals surface area contributed by atoms with E-state index in [1.807, 2.05) is 24.3 Å². The Bertz CT molecular complexity index is 831. The predicted octanol–water partition coefficient (Wildman–Crippen LogP) is 3.97. The summed E-state index contributed by atoms with van der Waals surface area (Å²) in [6.45, 7) is 0. The Kier molecular flexibility index (Phi) is 4.31. The Morgan fingerprint density at radius 1 is 1.04 bits per heavy atom. The lowest BCUT2D eigenvalue weighted by molar-refractivity contribution is 0.414. The zero-order valence-electron chi connectivity index (χ0n) is 12.3. The van der Waals surface area contributed by atoms with Gasteiger partial charge in [0, 0.05) is 0 Å². The van der Waals surface area contributed by atoms with Crippen LogP contribution in [-0.2, 0) is 15.6 Å². The highest BCUT2D eigenvalue weighted by Gasteiger charge is 2.47. The summed E-state index contributed by atoms with van der Waals surface area (Å²) in [5.41, 5.74) is 0.360. The summed E-state index contributed by atoms with van der Waals surface area (Å²) in [5.74, 6) is 0.733. The van der Waals surface area contributed by atoms with Crippen molar-refractivity contribution in [1.29, 1.82) is 0 Å². The van der Waals surface area contributed by atoms with Crippen LogP contribution in [0.2, 0.25) is 10.0 Å². The first kappa shape index (κ1) is 16.6. The van der Waals surface area contributed by atoms with Gasteiger partial charge in [0.2, 0.25) is 10.0 Å². The van der Waals surface area contributed by atoms with Crippen LogP contribution in [0.5, 0.6) is 5.75 Å². The van der Waals surface area contributed by atoms with Crippen molar-refractivity contribution < 1.29 is 13.2 Å². The Morgan fingerprint density at radius 3 is 2.22 bits per heavy atom. The van der Waals surface area contributed by atoms with Gasteiger partial charge >= 0.3 is 0 Å². The molecule has 0 bridgehead atoms. The van der Waals surface area contributed by atoms with E-state index in [1.165, 1.54) is 18.2 Å². The maximum absolute atomic E-state index is 12.6. The fraction of sp³-hybridized carbons (Fsp3) is 0.250. The lowest BCUT2D eigenvalue weighted by Gasteiger charge is -2.18. The largest absolute Gasteiger partial charge is 0.497 e. The molecule has 1 aliphatic carbocycles. The van der Waals surface area contributed by atoms with E-state index < -0.39 is 15.6 Å². The molecule has 1 fully saturated rings. The Hall–Kier alpha value is -1.27. The van der Waals surface area contributed by atoms with Crippen molar-refractivity contribution >= 4 is 33.2 Å². The van der Waals surface area contributed by atoms with Crippen LogP contribution < -0.4 is 9.46 Å². The Balaban J connectivity index is 1.88. The molecule has 2 aromatic carbocycles. The summed E-state index contributed by atoms with van der Waals surface area (Å²) in [6.07, 6.45) is 1.50. The van der Waals surface area contributed by atoms with Gasteiger partial charge in [-0.1, -0.05) is 35.3 Å². The number of hydrogen-bond donors (Lipinski definition) is 1. The lowest BCUT2D eigenvalue weighted by atomic mass is 10.1. The average Bonchev–Trinajstić information content (AvgIpc) is 3.30. The van der Waals surface area contributed by atoms with Crippen LogP contribution in [0.25, 0.3) is 0 Å². The summed E-state index contributed by atoms with van der Waals surface area (Å²) in [6, 6.07) is 11.7. The highest BCUT2D eigenvalue weighted by molar-refractivity contribution is 7.89. The first-order chi connectivity index (χ1) is 10.9. The van der Waals surface area contributed by atoms with E-state index in [-0.39, 0.29) is 9.92 Å². The van der Waals surface area contributed by atoms with Gasteiger partial charge in [0.25, 0.3) is 0 Å². The van der Waals surface area contributed by atoms with E-state index in [0.29, 0.717) is 5.02 Å². The van der Waals surface area contributed by atoms with Crippen molar-refractivity contribution in [2.75, 3.05) is 7.11 Å². The summed E-state index contributed by atoms with van der Waals surface area (Å²) in [4.78, 5) is 0.103. The van der Waals surface area contributed by atoms with Crippen LogP contribution in [0.4, 0.5) is 0 Å². The van der Waals surface area contributed by atoms with Crippen LogP contribution in [-0.4, -0.2) is 15.5 Å². The molecular weight excluding hydrogens is 357 g/mol. The lowest BCUT2D eigenvalue weighted by Crippen LogP contribution is -2.34. The molecule has 4 nitrogen and oxygen atoms in total. The minimum atomic E-state index is -3.68. The molecule has 0 radical (unpaired) electrons. The van der Waals surface area contributed by atoms with Gasteiger partial charge in [0.1, 0.15) is 5.75 Å². The molecule has 3 rings (SSSR count). The molecular formula is C16H15Cl2NO3S. The Morgan fingerprint density at radius 2 is 1.70 bits per heavy atom. The molecule has 1 saturated carbocycles. The second kappa shape index (κ2) is 5.98. The fourth-order valence-corrected chi connectivity index (χ4v) is 4.28. The maximum Gasteiger partial charge on any atom is 0.241 e. The summed E-state index contributed by atoms with van der Waals surface area (Å²) >= 11 is 11.8. The highest BCUT2D eigenvalue weighted by Crippen LogP contribution is 2.47. The minimum Gasteiger partial charge on any atom is -0.497 e. The number of nitrogens with one attached hydrogen (secondary N) is 1. The molecule has 0 saturated heterocycles. The molecule has 1 N–H and O–H groups in total. The van der Waals surface area contributed by atoms with E-state index in [0.717, 1.165) is 24.2 Å². The normalized spacial score (nSPS) is 16.1. The quantitative estimate of drug-likeness (QED) is 0.864. The van der Waals surface area contributed by atoms with Gasteiger partial charge in [0.15, 0.2) is 0 Å². The molecule has 122 valence electrons. The van der Waals surface area contributed by atoms with Crippen LogP contribution >= 0.6 is 23.2 Å². The molecule has 0 amide bonds. The predicted molar refractivity (Wildman–Crippen MR) is 90.7 cm³/mol. The van der Waals surface area contributed by atoms with Gasteiger partial charge in [-0.25, -0.2) is 13.1 Å². The van der Waals surface area contributed by atoms with Crippen LogP contribution in [0.15, 0.2) is 47.4 Å². The zero-order chi connectivity index (χ0) is 16.7. The molecule has 7 heteroatoms. The van der Waals surface area contributed by atoms with E-state index in [1.54, 1.807) is 7.11 Å². The number of hydrogen-bond acceptors (Lipinski definition) is 3. The number of methoxy groups -OCH3 is 1. The molecule has 1 aliphatic rings. The van der Waals surface area contributed by atoms with Crippen molar-refractivity contribution in [3.8, 4) is 5.75 Å². The molecule has 0 heterocycles. The summed E-state index contributed by atoms with van der Waals surface area (Å²) in [7, 11) is -2.09. The van der Waals surface area contributed by atoms with Crippen molar-refractivity contribution in [3.63, 3.8) is 0 Å². The van der Waals surface area contributed by atoms with Gasteiger partial charge in [-0.15, -0.1) is 0 Å². The van der Waals surface area contributed by atoms with E-state index in [4.69, 9.17) is 27.9 Å². The second-order valence-corrected chi connectivity index (χ2v) is 7.99. The van der Waals surface area contributed by atoms with Crippen molar-refractivity contribution in [1.82, 2.24) is 4.72 Å². The van der Waals surface area contributed by atoms with Crippen LogP contribution in [0.3, 0.4) is 0 Å².